The summed E-state index contributed by atoms with van der Waals surface area (Å²) in [4.78, 5) is 32.7. The van der Waals surface area contributed by atoms with E-state index in [1.165, 1.54) is 64.2 Å². The average Bonchev–Trinajstić information content (AvgIpc) is 2.69. The molecule has 1 N–H and O–H groups in total. The van der Waals surface area contributed by atoms with Crippen molar-refractivity contribution in [3.05, 3.63) is 12.2 Å². The Balaban J connectivity index is -0.000000969. The van der Waals surface area contributed by atoms with Gasteiger partial charge in [0.1, 0.15) is 0 Å². The summed E-state index contributed by atoms with van der Waals surface area (Å²) >= 11 is 0. The van der Waals surface area contributed by atoms with Crippen molar-refractivity contribution in [2.75, 3.05) is 5.75 Å². The van der Waals surface area contributed by atoms with Crippen molar-refractivity contribution in [2.45, 2.75) is 110 Å². The topological polar surface area (TPSA) is 138 Å². The Hall–Kier alpha value is -0.740. The molecule has 0 aromatic carbocycles. The summed E-state index contributed by atoms with van der Waals surface area (Å²) < 4.78 is 33.5. The zero-order chi connectivity index (χ0) is 24.7. The third-order valence-corrected chi connectivity index (χ3v) is 5.42. The molecule has 0 rings (SSSR count). The van der Waals surface area contributed by atoms with Gasteiger partial charge in [0.2, 0.25) is 0 Å². The number of aliphatic carboxylic acids is 1. The smallest absolute Gasteiger partial charge is 0.748 e. The van der Waals surface area contributed by atoms with Crippen LogP contribution in [0.2, 0.25) is 0 Å². The molecule has 0 aliphatic carbocycles. The van der Waals surface area contributed by atoms with Crippen LogP contribution in [-0.2, 0) is 29.2 Å². The van der Waals surface area contributed by atoms with Gasteiger partial charge >= 0.3 is 47.5 Å². The standard InChI is InChI=1S/C20H34O5.C3H8O3S.Na/c1-2-3-4-5-6-7-8-9-10-11-12-13-14-15-19(23)25-20(24)17-16-18(21)22;1-2-3-7(4,5)6;/h16-17H,2-15H2,1H3,(H,21,22);2-3H2,1H3,(H,4,5,6);/q;;+1/p-1/b17-16-;;. The van der Waals surface area contributed by atoms with Crippen molar-refractivity contribution in [3.63, 3.8) is 0 Å². The molecule has 0 spiro atoms. The van der Waals surface area contributed by atoms with Gasteiger partial charge in [-0.1, -0.05) is 90.9 Å². The third-order valence-electron chi connectivity index (χ3n) is 4.51. The summed E-state index contributed by atoms with van der Waals surface area (Å²) in [7, 11) is -3.92. The molecule has 0 saturated heterocycles. The van der Waals surface area contributed by atoms with Crippen LogP contribution in [0.4, 0.5) is 0 Å². The Kier molecular flexibility index (Phi) is 28.9. The molecular formula is C23H41NaO8S. The maximum Gasteiger partial charge on any atom is 1.00 e. The van der Waals surface area contributed by atoms with Crippen LogP contribution in [0, 0.1) is 0 Å². The van der Waals surface area contributed by atoms with E-state index in [0.29, 0.717) is 18.9 Å². The van der Waals surface area contributed by atoms with Gasteiger partial charge in [-0.15, -0.1) is 0 Å². The Morgan fingerprint density at radius 1 is 0.758 bits per heavy atom. The van der Waals surface area contributed by atoms with E-state index in [9.17, 15) is 27.4 Å². The monoisotopic (exact) mass is 500 g/mol. The number of hydrogen-bond acceptors (Lipinski definition) is 7. The molecule has 0 aliphatic heterocycles. The van der Waals surface area contributed by atoms with Crippen LogP contribution in [0.15, 0.2) is 12.2 Å². The SMILES string of the molecule is CCCCCCCCCCCCCCCC(=O)OC(=O)/C=C\C(=O)O.CCCS(=O)(=O)[O-].[Na+]. The van der Waals surface area contributed by atoms with Crippen LogP contribution in [0.1, 0.15) is 110 Å². The van der Waals surface area contributed by atoms with Gasteiger partial charge in [-0.2, -0.15) is 0 Å². The molecule has 10 heteroatoms. The number of ether oxygens (including phenoxy) is 1. The minimum atomic E-state index is -3.92. The summed E-state index contributed by atoms with van der Waals surface area (Å²) in [5.74, 6) is -3.02. The van der Waals surface area contributed by atoms with E-state index < -0.39 is 28.0 Å². The fraction of sp³-hybridized carbons (Fsp3) is 0.783. The second kappa shape index (κ2) is 25.9. The second-order valence-electron chi connectivity index (χ2n) is 7.72. The number of rotatable bonds is 18. The van der Waals surface area contributed by atoms with E-state index in [1.807, 2.05) is 0 Å². The molecular weight excluding hydrogens is 459 g/mol. The van der Waals surface area contributed by atoms with E-state index in [4.69, 9.17) is 5.11 Å². The Labute approximate surface area is 222 Å². The first kappa shape index (κ1) is 36.8. The molecule has 0 aromatic rings. The minimum absolute atomic E-state index is 0. The molecule has 0 unspecified atom stereocenters. The molecule has 0 aromatic heterocycles. The average molecular weight is 501 g/mol. The number of esters is 2. The van der Waals surface area contributed by atoms with Gasteiger partial charge in [0.25, 0.3) is 0 Å². The van der Waals surface area contributed by atoms with Gasteiger partial charge in [-0.25, -0.2) is 18.0 Å². The van der Waals surface area contributed by atoms with Crippen LogP contribution in [0.5, 0.6) is 0 Å². The number of unbranched alkanes of at least 4 members (excludes halogenated alkanes) is 12. The summed E-state index contributed by atoms with van der Waals surface area (Å²) in [6.07, 6.45) is 17.9. The molecule has 0 bridgehead atoms. The number of carboxylic acids is 1. The molecule has 0 amide bonds. The van der Waals surface area contributed by atoms with Crippen LogP contribution in [0.3, 0.4) is 0 Å². The molecule has 33 heavy (non-hydrogen) atoms. The molecule has 0 aliphatic rings. The number of carbonyl (C=O) groups is 3. The van der Waals surface area contributed by atoms with Crippen molar-refractivity contribution >= 4 is 28.0 Å². The number of hydrogen-bond donors (Lipinski definition) is 1. The van der Waals surface area contributed by atoms with Crippen LogP contribution >= 0.6 is 0 Å². The maximum absolute atomic E-state index is 11.4. The Bertz CT molecular complexity index is 632. The van der Waals surface area contributed by atoms with E-state index in [0.717, 1.165) is 18.9 Å². The van der Waals surface area contributed by atoms with Crippen molar-refractivity contribution in [1.82, 2.24) is 0 Å². The third kappa shape index (κ3) is 36.0. The van der Waals surface area contributed by atoms with Crippen molar-refractivity contribution in [3.8, 4) is 0 Å². The van der Waals surface area contributed by atoms with Crippen LogP contribution in [-0.4, -0.2) is 41.7 Å². The van der Waals surface area contributed by atoms with Gasteiger partial charge in [0.15, 0.2) is 0 Å². The van der Waals surface area contributed by atoms with Gasteiger partial charge in [-0.05, 0) is 12.8 Å². The van der Waals surface area contributed by atoms with E-state index in [2.05, 4.69) is 11.7 Å². The molecule has 188 valence electrons. The van der Waals surface area contributed by atoms with Gasteiger partial charge in [0.05, 0.1) is 10.1 Å². The fourth-order valence-corrected chi connectivity index (χ4v) is 3.37. The zero-order valence-electron chi connectivity index (χ0n) is 20.7. The maximum atomic E-state index is 11.4. The van der Waals surface area contributed by atoms with E-state index in [-0.39, 0.29) is 41.7 Å². The Morgan fingerprint density at radius 3 is 1.52 bits per heavy atom. The first-order chi connectivity index (χ1) is 15.1. The van der Waals surface area contributed by atoms with Crippen molar-refractivity contribution in [2.24, 2.45) is 0 Å². The largest absolute Gasteiger partial charge is 1.00 e. The van der Waals surface area contributed by atoms with Crippen LogP contribution < -0.4 is 29.6 Å². The molecule has 0 saturated carbocycles. The first-order valence-corrected chi connectivity index (χ1v) is 13.3. The van der Waals surface area contributed by atoms with Crippen LogP contribution in [0.25, 0.3) is 0 Å². The molecule has 0 fully saturated rings. The molecule has 8 nitrogen and oxygen atoms in total. The first-order valence-electron chi connectivity index (χ1n) is 11.7. The second-order valence-corrected chi connectivity index (χ2v) is 9.24. The van der Waals surface area contributed by atoms with Gasteiger partial charge in [-0.3, -0.25) is 4.79 Å². The normalized spacial score (nSPS) is 10.8. The van der Waals surface area contributed by atoms with E-state index >= 15 is 0 Å². The van der Waals surface area contributed by atoms with Crippen molar-refractivity contribution < 1.29 is 66.8 Å². The summed E-state index contributed by atoms with van der Waals surface area (Å²) in [6, 6.07) is 0. The molecule has 0 atom stereocenters. The fourth-order valence-electron chi connectivity index (χ4n) is 2.87. The Morgan fingerprint density at radius 2 is 1.18 bits per heavy atom. The molecule has 0 heterocycles. The summed E-state index contributed by atoms with van der Waals surface area (Å²) in [5, 5.41) is 8.35. The molecule has 0 radical (unpaired) electrons. The number of carbonyl (C=O) groups excluding carboxylic acids is 2. The predicted molar refractivity (Wildman–Crippen MR) is 123 cm³/mol. The minimum Gasteiger partial charge on any atom is -0.748 e. The summed E-state index contributed by atoms with van der Waals surface area (Å²) in [6.45, 7) is 3.89. The predicted octanol–water partition coefficient (Wildman–Crippen LogP) is 2.12. The van der Waals surface area contributed by atoms with Gasteiger partial charge in [0, 0.05) is 24.3 Å². The number of carboxylic acid groups (broad SMARTS) is 1. The zero-order valence-corrected chi connectivity index (χ0v) is 23.5. The van der Waals surface area contributed by atoms with Gasteiger partial charge < -0.3 is 14.4 Å². The van der Waals surface area contributed by atoms with E-state index in [1.54, 1.807) is 6.92 Å². The quantitative estimate of drug-likeness (QED) is 0.0754. The van der Waals surface area contributed by atoms with Crippen molar-refractivity contribution in [1.29, 1.82) is 0 Å². The summed E-state index contributed by atoms with van der Waals surface area (Å²) in [5.41, 5.74) is 0.